The van der Waals surface area contributed by atoms with Crippen molar-refractivity contribution in [3.63, 3.8) is 0 Å². The number of rotatable bonds is 2. The van der Waals surface area contributed by atoms with Crippen molar-refractivity contribution in [2.24, 2.45) is 0 Å². The predicted molar refractivity (Wildman–Crippen MR) is 53.3 cm³/mol. The fraction of sp³-hybridized carbons (Fsp3) is 0.667. The van der Waals surface area contributed by atoms with Crippen LogP contribution in [0.15, 0.2) is 12.7 Å². The van der Waals surface area contributed by atoms with Crippen LogP contribution in [0.3, 0.4) is 0 Å². The van der Waals surface area contributed by atoms with Gasteiger partial charge in [-0.05, 0) is 25.2 Å². The Hall–Kier alpha value is -0.440. The Labute approximate surface area is 78.0 Å². The van der Waals surface area contributed by atoms with E-state index in [1.165, 1.54) is 6.08 Å². The van der Waals surface area contributed by atoms with Gasteiger partial charge in [0.05, 0.1) is 0 Å². The molecular weight excluding hydrogens is 170 g/mol. The summed E-state index contributed by atoms with van der Waals surface area (Å²) >= 11 is 1.90. The van der Waals surface area contributed by atoms with Crippen molar-refractivity contribution in [1.82, 2.24) is 4.90 Å². The molecule has 12 heavy (non-hydrogen) atoms. The first kappa shape index (κ1) is 9.65. The largest absolute Gasteiger partial charge is 0.339 e. The standard InChI is InChI=1S/C9H15NOS/c1-3-9(11)10-6-4-8(12-2)5-7-10/h3,8H,1,4-7H2,2H3. The van der Waals surface area contributed by atoms with Crippen LogP contribution in [0.5, 0.6) is 0 Å². The second-order valence-electron chi connectivity index (χ2n) is 2.96. The predicted octanol–water partition coefficient (Wildman–Crippen LogP) is 1.53. The molecule has 1 heterocycles. The van der Waals surface area contributed by atoms with Crippen LogP contribution in [0.4, 0.5) is 0 Å². The number of likely N-dealkylation sites (tertiary alicyclic amines) is 1. The van der Waals surface area contributed by atoms with Crippen molar-refractivity contribution >= 4 is 17.7 Å². The number of hydrogen-bond donors (Lipinski definition) is 0. The van der Waals surface area contributed by atoms with Crippen molar-refractivity contribution in [1.29, 1.82) is 0 Å². The number of amides is 1. The lowest BCUT2D eigenvalue weighted by molar-refractivity contribution is -0.126. The maximum atomic E-state index is 11.2. The van der Waals surface area contributed by atoms with E-state index >= 15 is 0 Å². The van der Waals surface area contributed by atoms with Gasteiger partial charge < -0.3 is 4.90 Å². The molecule has 0 radical (unpaired) electrons. The Morgan fingerprint density at radius 3 is 2.58 bits per heavy atom. The molecule has 0 N–H and O–H groups in total. The lowest BCUT2D eigenvalue weighted by Crippen LogP contribution is -2.38. The first-order chi connectivity index (χ1) is 5.77. The van der Waals surface area contributed by atoms with Crippen LogP contribution in [-0.2, 0) is 4.79 Å². The van der Waals surface area contributed by atoms with Gasteiger partial charge in [-0.2, -0.15) is 11.8 Å². The number of nitrogens with zero attached hydrogens (tertiary/aromatic N) is 1. The Balaban J connectivity index is 2.35. The van der Waals surface area contributed by atoms with Crippen molar-refractivity contribution in [3.05, 3.63) is 12.7 Å². The summed E-state index contributed by atoms with van der Waals surface area (Å²) in [5.41, 5.74) is 0. The van der Waals surface area contributed by atoms with Crippen molar-refractivity contribution in [2.75, 3.05) is 19.3 Å². The number of hydrogen-bond acceptors (Lipinski definition) is 2. The molecule has 1 aliphatic heterocycles. The summed E-state index contributed by atoms with van der Waals surface area (Å²) in [4.78, 5) is 13.0. The topological polar surface area (TPSA) is 20.3 Å². The van der Waals surface area contributed by atoms with Crippen LogP contribution in [0.2, 0.25) is 0 Å². The molecule has 0 unspecified atom stereocenters. The molecule has 0 aromatic heterocycles. The maximum Gasteiger partial charge on any atom is 0.245 e. The highest BCUT2D eigenvalue weighted by molar-refractivity contribution is 7.99. The average molecular weight is 185 g/mol. The molecule has 0 saturated carbocycles. The smallest absolute Gasteiger partial charge is 0.245 e. The van der Waals surface area contributed by atoms with Gasteiger partial charge >= 0.3 is 0 Å². The minimum Gasteiger partial charge on any atom is -0.339 e. The summed E-state index contributed by atoms with van der Waals surface area (Å²) < 4.78 is 0. The van der Waals surface area contributed by atoms with E-state index in [1.54, 1.807) is 0 Å². The fourth-order valence-electron chi connectivity index (χ4n) is 1.44. The van der Waals surface area contributed by atoms with E-state index in [1.807, 2.05) is 16.7 Å². The van der Waals surface area contributed by atoms with Crippen molar-refractivity contribution in [3.8, 4) is 0 Å². The van der Waals surface area contributed by atoms with E-state index in [4.69, 9.17) is 0 Å². The monoisotopic (exact) mass is 185 g/mol. The average Bonchev–Trinajstić information content (AvgIpc) is 2.17. The summed E-state index contributed by atoms with van der Waals surface area (Å²) in [7, 11) is 0. The zero-order valence-corrected chi connectivity index (χ0v) is 8.27. The molecule has 2 nitrogen and oxygen atoms in total. The number of carbonyl (C=O) groups is 1. The summed E-state index contributed by atoms with van der Waals surface area (Å²) in [6.07, 6.45) is 5.79. The van der Waals surface area contributed by atoms with Crippen LogP contribution < -0.4 is 0 Å². The maximum absolute atomic E-state index is 11.2. The molecular formula is C9H15NOS. The quantitative estimate of drug-likeness (QED) is 0.608. The molecule has 0 aliphatic carbocycles. The third kappa shape index (κ3) is 2.27. The Morgan fingerprint density at radius 1 is 1.58 bits per heavy atom. The highest BCUT2D eigenvalue weighted by atomic mass is 32.2. The molecule has 1 rings (SSSR count). The van der Waals surface area contributed by atoms with Crippen LogP contribution in [0, 0.1) is 0 Å². The van der Waals surface area contributed by atoms with Gasteiger partial charge in [-0.3, -0.25) is 4.79 Å². The number of carbonyl (C=O) groups excluding carboxylic acids is 1. The highest BCUT2D eigenvalue weighted by Crippen LogP contribution is 2.20. The lowest BCUT2D eigenvalue weighted by Gasteiger charge is -2.30. The first-order valence-electron chi connectivity index (χ1n) is 4.22. The van der Waals surface area contributed by atoms with E-state index in [2.05, 4.69) is 12.8 Å². The normalized spacial score (nSPS) is 19.2. The molecule has 0 aromatic carbocycles. The summed E-state index contributed by atoms with van der Waals surface area (Å²) in [6.45, 7) is 5.28. The van der Waals surface area contributed by atoms with Crippen molar-refractivity contribution in [2.45, 2.75) is 18.1 Å². The zero-order chi connectivity index (χ0) is 8.97. The van der Waals surface area contributed by atoms with E-state index < -0.39 is 0 Å². The number of thioether (sulfide) groups is 1. The van der Waals surface area contributed by atoms with Gasteiger partial charge in [0.2, 0.25) is 5.91 Å². The third-order valence-electron chi connectivity index (χ3n) is 2.26. The van der Waals surface area contributed by atoms with Gasteiger partial charge in [-0.15, -0.1) is 0 Å². The molecule has 0 aromatic rings. The van der Waals surface area contributed by atoms with Crippen LogP contribution in [0.25, 0.3) is 0 Å². The lowest BCUT2D eigenvalue weighted by atomic mass is 10.1. The molecule has 3 heteroatoms. The van der Waals surface area contributed by atoms with Gasteiger partial charge in [-0.1, -0.05) is 6.58 Å². The first-order valence-corrected chi connectivity index (χ1v) is 5.51. The Bertz CT molecular complexity index is 173. The summed E-state index contributed by atoms with van der Waals surface area (Å²) in [5, 5.41) is 0.749. The van der Waals surface area contributed by atoms with Gasteiger partial charge in [0.1, 0.15) is 0 Å². The molecule has 1 saturated heterocycles. The second-order valence-corrected chi connectivity index (χ2v) is 4.10. The molecule has 1 fully saturated rings. The van der Waals surface area contributed by atoms with Gasteiger partial charge in [0.25, 0.3) is 0 Å². The van der Waals surface area contributed by atoms with E-state index in [9.17, 15) is 4.79 Å². The minimum atomic E-state index is 0.0783. The molecule has 0 bridgehead atoms. The van der Waals surface area contributed by atoms with E-state index in [0.29, 0.717) is 0 Å². The SMILES string of the molecule is C=CC(=O)N1CCC(SC)CC1. The van der Waals surface area contributed by atoms with Crippen LogP contribution >= 0.6 is 11.8 Å². The molecule has 1 amide bonds. The van der Waals surface area contributed by atoms with Gasteiger partial charge in [0.15, 0.2) is 0 Å². The van der Waals surface area contributed by atoms with E-state index in [0.717, 1.165) is 31.2 Å². The van der Waals surface area contributed by atoms with E-state index in [-0.39, 0.29) is 5.91 Å². The van der Waals surface area contributed by atoms with Crippen LogP contribution in [0.1, 0.15) is 12.8 Å². The molecule has 0 atom stereocenters. The van der Waals surface area contributed by atoms with Crippen molar-refractivity contribution < 1.29 is 4.79 Å². The number of piperidine rings is 1. The highest BCUT2D eigenvalue weighted by Gasteiger charge is 2.19. The molecule has 68 valence electrons. The molecule has 1 aliphatic rings. The Kier molecular flexibility index (Phi) is 3.66. The molecule has 0 spiro atoms. The summed E-state index contributed by atoms with van der Waals surface area (Å²) in [6, 6.07) is 0. The van der Waals surface area contributed by atoms with Gasteiger partial charge in [0, 0.05) is 18.3 Å². The minimum absolute atomic E-state index is 0.0783. The fourth-order valence-corrected chi connectivity index (χ4v) is 2.12. The third-order valence-corrected chi connectivity index (χ3v) is 3.40. The zero-order valence-electron chi connectivity index (χ0n) is 7.45. The van der Waals surface area contributed by atoms with Crippen LogP contribution in [-0.4, -0.2) is 35.4 Å². The second kappa shape index (κ2) is 4.55. The Morgan fingerprint density at radius 2 is 2.17 bits per heavy atom. The summed E-state index contributed by atoms with van der Waals surface area (Å²) in [5.74, 6) is 0.0783. The van der Waals surface area contributed by atoms with Gasteiger partial charge in [-0.25, -0.2) is 0 Å².